The smallest absolute Gasteiger partial charge is 0.303 e. The molecule has 196 valence electrons. The van der Waals surface area contributed by atoms with Crippen LogP contribution in [0.1, 0.15) is 42.4 Å². The lowest BCUT2D eigenvalue weighted by molar-refractivity contribution is -0.137. The number of hydrogen-bond donors (Lipinski definition) is 2. The molecule has 0 saturated heterocycles. The fraction of sp³-hybridized carbons (Fsp3) is 0.250. The van der Waals surface area contributed by atoms with Crippen molar-refractivity contribution in [2.75, 3.05) is 18.5 Å². The molecule has 0 aliphatic rings. The molecule has 1 atom stereocenters. The van der Waals surface area contributed by atoms with E-state index in [2.05, 4.69) is 5.32 Å². The first-order chi connectivity index (χ1) is 18.5. The molecule has 6 nitrogen and oxygen atoms in total. The highest BCUT2D eigenvalue weighted by atomic mass is 16.5. The van der Waals surface area contributed by atoms with Gasteiger partial charge in [-0.1, -0.05) is 72.8 Å². The molecule has 4 aromatic carbocycles. The molecule has 0 aliphatic carbocycles. The van der Waals surface area contributed by atoms with Crippen molar-refractivity contribution in [1.82, 2.24) is 0 Å². The number of para-hydroxylation sites is 1. The molecular weight excluding hydrogens is 478 g/mol. The quantitative estimate of drug-likeness (QED) is 0.198. The van der Waals surface area contributed by atoms with Gasteiger partial charge >= 0.3 is 5.97 Å². The van der Waals surface area contributed by atoms with Crippen LogP contribution < -0.4 is 10.1 Å². The molecule has 6 heteroatoms. The van der Waals surface area contributed by atoms with Gasteiger partial charge in [0.15, 0.2) is 0 Å². The lowest BCUT2D eigenvalue weighted by Crippen LogP contribution is -2.20. The number of rotatable bonds is 13. The SMILES string of the molecule is CC(C(=O)Nc1cc(COCCOc2ccccc2)ccc1CCCC(=O)O)c1cccc2ccccc12. The number of carbonyl (C=O) groups excluding carboxylic acids is 1. The van der Waals surface area contributed by atoms with Crippen LogP contribution in [0.5, 0.6) is 5.75 Å². The molecule has 2 N–H and O–H groups in total. The number of carbonyl (C=O) groups is 2. The summed E-state index contributed by atoms with van der Waals surface area (Å²) in [4.78, 5) is 24.4. The van der Waals surface area contributed by atoms with Gasteiger partial charge in [0.2, 0.25) is 5.91 Å². The van der Waals surface area contributed by atoms with Gasteiger partial charge in [0.1, 0.15) is 12.4 Å². The summed E-state index contributed by atoms with van der Waals surface area (Å²) in [5.41, 5.74) is 3.47. The molecule has 0 radical (unpaired) electrons. The van der Waals surface area contributed by atoms with Crippen molar-refractivity contribution in [3.8, 4) is 5.75 Å². The Hall–Kier alpha value is -4.16. The highest BCUT2D eigenvalue weighted by molar-refractivity contribution is 5.99. The number of carboxylic acid groups (broad SMARTS) is 1. The third-order valence-electron chi connectivity index (χ3n) is 6.46. The van der Waals surface area contributed by atoms with E-state index in [1.165, 1.54) is 0 Å². The minimum atomic E-state index is -0.831. The molecule has 0 bridgehead atoms. The third-order valence-corrected chi connectivity index (χ3v) is 6.46. The Kier molecular flexibility index (Phi) is 9.48. The van der Waals surface area contributed by atoms with Gasteiger partial charge in [-0.15, -0.1) is 0 Å². The molecule has 0 fully saturated rings. The molecule has 0 spiro atoms. The number of aryl methyl sites for hydroxylation is 1. The molecule has 1 unspecified atom stereocenters. The first kappa shape index (κ1) is 26.9. The lowest BCUT2D eigenvalue weighted by atomic mass is 9.94. The number of carboxylic acids is 1. The van der Waals surface area contributed by atoms with Gasteiger partial charge in [0.25, 0.3) is 0 Å². The Labute approximate surface area is 223 Å². The first-order valence-corrected chi connectivity index (χ1v) is 12.9. The fourth-order valence-corrected chi connectivity index (χ4v) is 4.41. The van der Waals surface area contributed by atoms with Crippen molar-refractivity contribution in [2.45, 2.75) is 38.7 Å². The minimum Gasteiger partial charge on any atom is -0.491 e. The Morgan fingerprint density at radius 2 is 1.66 bits per heavy atom. The Bertz CT molecular complexity index is 1360. The molecular formula is C32H33NO5. The Morgan fingerprint density at radius 1 is 0.895 bits per heavy atom. The van der Waals surface area contributed by atoms with Crippen molar-refractivity contribution >= 4 is 28.3 Å². The molecule has 1 amide bonds. The molecule has 0 heterocycles. The van der Waals surface area contributed by atoms with Crippen LogP contribution in [0.2, 0.25) is 0 Å². The van der Waals surface area contributed by atoms with Crippen molar-refractivity contribution in [3.05, 3.63) is 108 Å². The number of fused-ring (bicyclic) bond motifs is 1. The Morgan fingerprint density at radius 3 is 2.47 bits per heavy atom. The van der Waals surface area contributed by atoms with Crippen LogP contribution in [0.15, 0.2) is 91.0 Å². The van der Waals surface area contributed by atoms with Gasteiger partial charge < -0.3 is 19.9 Å². The minimum absolute atomic E-state index is 0.0755. The number of ether oxygens (including phenoxy) is 2. The largest absolute Gasteiger partial charge is 0.491 e. The van der Waals surface area contributed by atoms with Crippen molar-refractivity contribution < 1.29 is 24.2 Å². The van der Waals surface area contributed by atoms with Gasteiger partial charge in [0, 0.05) is 12.1 Å². The second-order valence-corrected chi connectivity index (χ2v) is 9.23. The van der Waals surface area contributed by atoms with Gasteiger partial charge in [0.05, 0.1) is 19.1 Å². The van der Waals surface area contributed by atoms with E-state index in [4.69, 9.17) is 14.6 Å². The maximum absolute atomic E-state index is 13.4. The summed E-state index contributed by atoms with van der Waals surface area (Å²) in [7, 11) is 0. The third kappa shape index (κ3) is 7.43. The Balaban J connectivity index is 1.43. The monoisotopic (exact) mass is 511 g/mol. The second-order valence-electron chi connectivity index (χ2n) is 9.23. The lowest BCUT2D eigenvalue weighted by Gasteiger charge is -2.18. The van der Waals surface area contributed by atoms with Crippen LogP contribution >= 0.6 is 0 Å². The van der Waals surface area contributed by atoms with Crippen LogP contribution in [0.4, 0.5) is 5.69 Å². The standard InChI is InChI=1S/C32H33NO5/c1-23(28-15-7-10-25-9-5-6-14-29(25)28)32(36)33-30-21-24(17-18-26(30)11-8-16-31(34)35)22-37-19-20-38-27-12-3-2-4-13-27/h2-7,9-10,12-15,17-18,21,23H,8,11,16,19-20,22H2,1H3,(H,33,36)(H,34,35). The van der Waals surface area contributed by atoms with E-state index in [0.717, 1.165) is 33.2 Å². The number of hydrogen-bond acceptors (Lipinski definition) is 4. The van der Waals surface area contributed by atoms with E-state index in [1.54, 1.807) is 0 Å². The van der Waals surface area contributed by atoms with Crippen LogP contribution in [-0.4, -0.2) is 30.2 Å². The fourth-order valence-electron chi connectivity index (χ4n) is 4.41. The van der Waals surface area contributed by atoms with Gasteiger partial charge in [-0.2, -0.15) is 0 Å². The normalized spacial score (nSPS) is 11.7. The molecule has 0 aliphatic heterocycles. The van der Waals surface area contributed by atoms with Crippen LogP contribution in [-0.2, 0) is 27.4 Å². The summed E-state index contributed by atoms with van der Waals surface area (Å²) >= 11 is 0. The number of amides is 1. The molecule has 4 rings (SSSR count). The van der Waals surface area contributed by atoms with Gasteiger partial charge in [-0.25, -0.2) is 0 Å². The van der Waals surface area contributed by atoms with Crippen LogP contribution in [0.3, 0.4) is 0 Å². The summed E-state index contributed by atoms with van der Waals surface area (Å²) in [6, 6.07) is 29.4. The number of aliphatic carboxylic acids is 1. The number of anilines is 1. The van der Waals surface area contributed by atoms with E-state index in [-0.39, 0.29) is 18.2 Å². The average Bonchev–Trinajstić information content (AvgIpc) is 2.93. The second kappa shape index (κ2) is 13.4. The highest BCUT2D eigenvalue weighted by Gasteiger charge is 2.19. The predicted molar refractivity (Wildman–Crippen MR) is 150 cm³/mol. The van der Waals surface area contributed by atoms with Crippen LogP contribution in [0.25, 0.3) is 10.8 Å². The zero-order chi connectivity index (χ0) is 26.7. The molecule has 38 heavy (non-hydrogen) atoms. The van der Waals surface area contributed by atoms with E-state index in [0.29, 0.717) is 38.3 Å². The zero-order valence-electron chi connectivity index (χ0n) is 21.6. The van der Waals surface area contributed by atoms with E-state index < -0.39 is 5.97 Å². The summed E-state index contributed by atoms with van der Waals surface area (Å²) < 4.78 is 11.5. The maximum Gasteiger partial charge on any atom is 0.303 e. The van der Waals surface area contributed by atoms with E-state index in [1.807, 2.05) is 97.9 Å². The summed E-state index contributed by atoms with van der Waals surface area (Å²) in [5, 5.41) is 14.3. The van der Waals surface area contributed by atoms with Gasteiger partial charge in [-0.3, -0.25) is 9.59 Å². The molecule has 0 aromatic heterocycles. The first-order valence-electron chi connectivity index (χ1n) is 12.9. The van der Waals surface area contributed by atoms with Crippen molar-refractivity contribution in [2.24, 2.45) is 0 Å². The number of benzene rings is 4. The van der Waals surface area contributed by atoms with Gasteiger partial charge in [-0.05, 0) is 65.4 Å². The molecule has 0 saturated carbocycles. The van der Waals surface area contributed by atoms with E-state index in [9.17, 15) is 9.59 Å². The molecule has 4 aromatic rings. The maximum atomic E-state index is 13.4. The van der Waals surface area contributed by atoms with Crippen molar-refractivity contribution in [3.63, 3.8) is 0 Å². The topological polar surface area (TPSA) is 84.9 Å². The van der Waals surface area contributed by atoms with Crippen molar-refractivity contribution in [1.29, 1.82) is 0 Å². The summed E-state index contributed by atoms with van der Waals surface area (Å²) in [6.07, 6.45) is 1.12. The summed E-state index contributed by atoms with van der Waals surface area (Å²) in [6.45, 7) is 3.13. The summed E-state index contributed by atoms with van der Waals surface area (Å²) in [5.74, 6) is -0.520. The van der Waals surface area contributed by atoms with E-state index >= 15 is 0 Å². The predicted octanol–water partition coefficient (Wildman–Crippen LogP) is 6.58. The highest BCUT2D eigenvalue weighted by Crippen LogP contribution is 2.28. The van der Waals surface area contributed by atoms with Crippen LogP contribution in [0, 0.1) is 0 Å². The number of nitrogens with one attached hydrogen (secondary N) is 1. The average molecular weight is 512 g/mol. The zero-order valence-corrected chi connectivity index (χ0v) is 21.6.